The number of ether oxygens (including phenoxy) is 1. The molecule has 0 bridgehead atoms. The first kappa shape index (κ1) is 18.7. The first-order valence-electron chi connectivity index (χ1n) is 9.59. The third kappa shape index (κ3) is 3.85. The maximum absolute atomic E-state index is 13.5. The maximum Gasteiger partial charge on any atom is 0.254 e. The van der Waals surface area contributed by atoms with Crippen molar-refractivity contribution in [2.45, 2.75) is 18.9 Å². The molecule has 1 aliphatic heterocycles. The van der Waals surface area contributed by atoms with Crippen LogP contribution >= 0.6 is 0 Å². The fraction of sp³-hybridized carbons (Fsp3) is 0.167. The average Bonchev–Trinajstić information content (AvgIpc) is 2.91. The Balaban J connectivity index is 1.63. The van der Waals surface area contributed by atoms with Crippen molar-refractivity contribution >= 4 is 23.2 Å². The number of nitrogens with one attached hydrogen (secondary N) is 1. The number of hydrogen-bond donors (Lipinski definition) is 1. The molecular formula is C24H22N2O3. The molecule has 5 heteroatoms. The Labute approximate surface area is 169 Å². The summed E-state index contributed by atoms with van der Waals surface area (Å²) in [6.45, 7) is 0. The van der Waals surface area contributed by atoms with Crippen molar-refractivity contribution in [1.82, 2.24) is 5.32 Å². The highest BCUT2D eigenvalue weighted by molar-refractivity contribution is 6.07. The summed E-state index contributed by atoms with van der Waals surface area (Å²) in [4.78, 5) is 27.9. The molecule has 146 valence electrons. The van der Waals surface area contributed by atoms with Gasteiger partial charge in [-0.3, -0.25) is 14.5 Å². The zero-order valence-corrected chi connectivity index (χ0v) is 16.2. The highest BCUT2D eigenvalue weighted by atomic mass is 16.5. The van der Waals surface area contributed by atoms with Crippen LogP contribution in [0.25, 0.3) is 0 Å². The van der Waals surface area contributed by atoms with E-state index in [-0.39, 0.29) is 11.8 Å². The van der Waals surface area contributed by atoms with Gasteiger partial charge in [-0.1, -0.05) is 36.4 Å². The van der Waals surface area contributed by atoms with E-state index in [2.05, 4.69) is 5.32 Å². The number of hydrogen-bond acceptors (Lipinski definition) is 3. The molecule has 0 aliphatic carbocycles. The van der Waals surface area contributed by atoms with Crippen LogP contribution in [0.5, 0.6) is 5.75 Å². The van der Waals surface area contributed by atoms with E-state index in [0.29, 0.717) is 24.2 Å². The van der Waals surface area contributed by atoms with E-state index in [4.69, 9.17) is 4.74 Å². The summed E-state index contributed by atoms with van der Waals surface area (Å²) in [6, 6.07) is 23.7. The fourth-order valence-electron chi connectivity index (χ4n) is 3.60. The number of carbonyl (C=O) groups is 2. The highest BCUT2D eigenvalue weighted by Crippen LogP contribution is 2.33. The molecule has 1 N–H and O–H groups in total. The van der Waals surface area contributed by atoms with Gasteiger partial charge in [-0.25, -0.2) is 0 Å². The molecule has 4 rings (SSSR count). The molecule has 3 aromatic carbocycles. The van der Waals surface area contributed by atoms with Crippen molar-refractivity contribution in [3.05, 3.63) is 90.0 Å². The number of anilines is 2. The first-order chi connectivity index (χ1) is 14.2. The van der Waals surface area contributed by atoms with Crippen LogP contribution in [0.1, 0.15) is 22.3 Å². The Bertz CT molecular complexity index is 1020. The fourth-order valence-corrected chi connectivity index (χ4v) is 3.60. The number of para-hydroxylation sites is 2. The van der Waals surface area contributed by atoms with Gasteiger partial charge >= 0.3 is 0 Å². The van der Waals surface area contributed by atoms with Crippen molar-refractivity contribution in [3.8, 4) is 5.75 Å². The summed E-state index contributed by atoms with van der Waals surface area (Å²) in [5, 5.41) is 2.93. The molecule has 1 heterocycles. The minimum absolute atomic E-state index is 0.136. The molecule has 29 heavy (non-hydrogen) atoms. The highest BCUT2D eigenvalue weighted by Gasteiger charge is 2.32. The lowest BCUT2D eigenvalue weighted by Crippen LogP contribution is -2.46. The summed E-state index contributed by atoms with van der Waals surface area (Å²) < 4.78 is 5.14. The smallest absolute Gasteiger partial charge is 0.254 e. The largest absolute Gasteiger partial charge is 0.497 e. The minimum atomic E-state index is -0.614. The van der Waals surface area contributed by atoms with E-state index in [0.717, 1.165) is 16.9 Å². The molecule has 0 spiro atoms. The lowest BCUT2D eigenvalue weighted by Gasteiger charge is -2.26. The zero-order valence-electron chi connectivity index (χ0n) is 16.2. The van der Waals surface area contributed by atoms with E-state index in [1.807, 2.05) is 54.6 Å². The lowest BCUT2D eigenvalue weighted by molar-refractivity contribution is -0.119. The lowest BCUT2D eigenvalue weighted by atomic mass is 10.1. The molecule has 3 aromatic rings. The van der Waals surface area contributed by atoms with Gasteiger partial charge in [0.1, 0.15) is 11.8 Å². The van der Waals surface area contributed by atoms with Gasteiger partial charge in [0.15, 0.2) is 0 Å². The molecule has 0 radical (unpaired) electrons. The van der Waals surface area contributed by atoms with Gasteiger partial charge in [-0.05, 0) is 60.9 Å². The van der Waals surface area contributed by atoms with Crippen molar-refractivity contribution in [2.75, 3.05) is 12.0 Å². The minimum Gasteiger partial charge on any atom is -0.497 e. The molecule has 1 unspecified atom stereocenters. The number of rotatable bonds is 4. The standard InChI is InChI=1S/C24H22N2O3/c1-29-20-14-11-18(12-15-20)23(27)25-21-16-13-17-7-5-6-10-22(17)26(24(21)28)19-8-3-2-4-9-19/h2-12,14-15,21H,13,16H2,1H3,(H,25,27). The maximum atomic E-state index is 13.5. The monoisotopic (exact) mass is 386 g/mol. The van der Waals surface area contributed by atoms with Gasteiger partial charge in [-0.2, -0.15) is 0 Å². The van der Waals surface area contributed by atoms with Crippen LogP contribution in [0, 0.1) is 0 Å². The second-order valence-electron chi connectivity index (χ2n) is 6.93. The van der Waals surface area contributed by atoms with Gasteiger partial charge in [0, 0.05) is 11.3 Å². The molecule has 1 aliphatic rings. The number of aryl methyl sites for hydroxylation is 1. The quantitative estimate of drug-likeness (QED) is 0.734. The number of carbonyl (C=O) groups excluding carboxylic acids is 2. The summed E-state index contributed by atoms with van der Waals surface area (Å²) in [5.74, 6) is 0.269. The third-order valence-electron chi connectivity index (χ3n) is 5.13. The Morgan fingerprint density at radius 2 is 1.66 bits per heavy atom. The van der Waals surface area contributed by atoms with Crippen LogP contribution < -0.4 is 15.0 Å². The molecule has 2 amide bonds. The number of benzene rings is 3. The van der Waals surface area contributed by atoms with Crippen LogP contribution in [0.15, 0.2) is 78.9 Å². The van der Waals surface area contributed by atoms with Crippen molar-refractivity contribution in [2.24, 2.45) is 0 Å². The van der Waals surface area contributed by atoms with E-state index < -0.39 is 6.04 Å². The van der Waals surface area contributed by atoms with Crippen LogP contribution in [0.2, 0.25) is 0 Å². The van der Waals surface area contributed by atoms with Gasteiger partial charge < -0.3 is 10.1 Å². The molecule has 0 fully saturated rings. The van der Waals surface area contributed by atoms with E-state index in [9.17, 15) is 9.59 Å². The van der Waals surface area contributed by atoms with E-state index >= 15 is 0 Å². The normalized spacial score (nSPS) is 16.0. The molecule has 0 aromatic heterocycles. The Hall–Kier alpha value is -3.60. The number of methoxy groups -OCH3 is 1. The SMILES string of the molecule is COc1ccc(C(=O)NC2CCc3ccccc3N(c3ccccc3)C2=O)cc1. The van der Waals surface area contributed by atoms with Crippen LogP contribution in [0.3, 0.4) is 0 Å². The number of fused-ring (bicyclic) bond motifs is 1. The number of nitrogens with zero attached hydrogens (tertiary/aromatic N) is 1. The first-order valence-corrected chi connectivity index (χ1v) is 9.59. The Kier molecular flexibility index (Phi) is 5.29. The molecular weight excluding hydrogens is 364 g/mol. The summed E-state index contributed by atoms with van der Waals surface area (Å²) in [5.41, 5.74) is 3.23. The predicted octanol–water partition coefficient (Wildman–Crippen LogP) is 4.10. The van der Waals surface area contributed by atoms with Gasteiger partial charge in [-0.15, -0.1) is 0 Å². The van der Waals surface area contributed by atoms with Crippen LogP contribution in [-0.2, 0) is 11.2 Å². The third-order valence-corrected chi connectivity index (χ3v) is 5.13. The summed E-state index contributed by atoms with van der Waals surface area (Å²) in [6.07, 6.45) is 1.25. The van der Waals surface area contributed by atoms with Crippen molar-refractivity contribution in [3.63, 3.8) is 0 Å². The summed E-state index contributed by atoms with van der Waals surface area (Å²) >= 11 is 0. The Morgan fingerprint density at radius 1 is 0.966 bits per heavy atom. The summed E-state index contributed by atoms with van der Waals surface area (Å²) in [7, 11) is 1.58. The molecule has 5 nitrogen and oxygen atoms in total. The molecule has 0 saturated carbocycles. The van der Waals surface area contributed by atoms with E-state index in [1.165, 1.54) is 0 Å². The Morgan fingerprint density at radius 3 is 2.38 bits per heavy atom. The van der Waals surface area contributed by atoms with Gasteiger partial charge in [0.2, 0.25) is 0 Å². The number of amides is 2. The predicted molar refractivity (Wildman–Crippen MR) is 113 cm³/mol. The van der Waals surface area contributed by atoms with E-state index in [1.54, 1.807) is 36.3 Å². The van der Waals surface area contributed by atoms with Crippen LogP contribution in [-0.4, -0.2) is 25.0 Å². The zero-order chi connectivity index (χ0) is 20.2. The van der Waals surface area contributed by atoms with Gasteiger partial charge in [0.25, 0.3) is 11.8 Å². The molecule has 0 saturated heterocycles. The van der Waals surface area contributed by atoms with Crippen molar-refractivity contribution in [1.29, 1.82) is 0 Å². The second kappa shape index (κ2) is 8.19. The van der Waals surface area contributed by atoms with Crippen LogP contribution in [0.4, 0.5) is 11.4 Å². The topological polar surface area (TPSA) is 58.6 Å². The van der Waals surface area contributed by atoms with Gasteiger partial charge in [0.05, 0.1) is 12.8 Å². The molecule has 1 atom stereocenters. The van der Waals surface area contributed by atoms with Crippen molar-refractivity contribution < 1.29 is 14.3 Å². The second-order valence-corrected chi connectivity index (χ2v) is 6.93. The average molecular weight is 386 g/mol.